The van der Waals surface area contributed by atoms with Gasteiger partial charge in [-0.05, 0) is 53.2 Å². The number of phenolic OH excluding ortho intramolecular Hbond substituents is 1. The smallest absolute Gasteiger partial charge is 0.153 e. The number of benzene rings is 2. The van der Waals surface area contributed by atoms with Crippen LogP contribution < -0.4 is 5.32 Å². The van der Waals surface area contributed by atoms with Crippen molar-refractivity contribution >= 4 is 5.69 Å². The minimum Gasteiger partial charge on any atom is -0.508 e. The molecule has 3 aromatic rings. The molecule has 0 spiro atoms. The van der Waals surface area contributed by atoms with Crippen LogP contribution in [0.3, 0.4) is 0 Å². The Morgan fingerprint density at radius 3 is 2.76 bits per heavy atom. The van der Waals surface area contributed by atoms with Crippen molar-refractivity contribution in [2.24, 2.45) is 0 Å². The monoisotopic (exact) mass is 281 g/mol. The highest BCUT2D eigenvalue weighted by Crippen LogP contribution is 2.17. The van der Waals surface area contributed by atoms with Crippen LogP contribution in [0.25, 0.3) is 5.69 Å². The lowest BCUT2D eigenvalue weighted by Gasteiger charge is -2.09. The fraction of sp³-hybridized carbons (Fsp3) is 0.133. The Kier molecular flexibility index (Phi) is 3.51. The summed E-state index contributed by atoms with van der Waals surface area (Å²) >= 11 is 0. The Morgan fingerprint density at radius 2 is 2.00 bits per heavy atom. The van der Waals surface area contributed by atoms with E-state index in [1.165, 1.54) is 0 Å². The van der Waals surface area contributed by atoms with E-state index in [1.54, 1.807) is 16.8 Å². The van der Waals surface area contributed by atoms with Gasteiger partial charge in [0.15, 0.2) is 5.82 Å². The second-order valence-electron chi connectivity index (χ2n) is 4.71. The van der Waals surface area contributed by atoms with Crippen molar-refractivity contribution in [1.29, 1.82) is 0 Å². The lowest BCUT2D eigenvalue weighted by molar-refractivity contribution is 0.474. The van der Waals surface area contributed by atoms with E-state index in [-0.39, 0.29) is 5.75 Å². The number of tetrazole rings is 1. The molecule has 0 fully saturated rings. The van der Waals surface area contributed by atoms with Crippen LogP contribution in [0.15, 0.2) is 48.5 Å². The lowest BCUT2D eigenvalue weighted by atomic mass is 10.2. The molecular weight excluding hydrogens is 266 g/mol. The molecule has 0 unspecified atom stereocenters. The van der Waals surface area contributed by atoms with Crippen LogP contribution in [-0.2, 0) is 6.54 Å². The van der Waals surface area contributed by atoms with Gasteiger partial charge >= 0.3 is 0 Å². The fourth-order valence-electron chi connectivity index (χ4n) is 2.09. The molecule has 2 aromatic carbocycles. The Bertz CT molecular complexity index is 753. The molecule has 3 rings (SSSR count). The first-order chi connectivity index (χ1) is 10.2. The van der Waals surface area contributed by atoms with E-state index in [0.717, 1.165) is 22.8 Å². The Hall–Kier alpha value is -2.89. The summed E-state index contributed by atoms with van der Waals surface area (Å²) in [5, 5.41) is 24.3. The summed E-state index contributed by atoms with van der Waals surface area (Å²) in [6.45, 7) is 2.49. The van der Waals surface area contributed by atoms with Crippen LogP contribution in [0.5, 0.6) is 5.75 Å². The van der Waals surface area contributed by atoms with Crippen molar-refractivity contribution < 1.29 is 5.11 Å². The Balaban J connectivity index is 1.76. The minimum atomic E-state index is 0.271. The van der Waals surface area contributed by atoms with Gasteiger partial charge in [-0.25, -0.2) is 0 Å². The molecule has 6 heteroatoms. The third kappa shape index (κ3) is 3.00. The molecule has 0 atom stereocenters. The summed E-state index contributed by atoms with van der Waals surface area (Å²) in [7, 11) is 0. The van der Waals surface area contributed by atoms with E-state index >= 15 is 0 Å². The summed E-state index contributed by atoms with van der Waals surface area (Å²) in [5.74, 6) is 1.01. The zero-order valence-corrected chi connectivity index (χ0v) is 11.6. The molecular formula is C15H15N5O. The van der Waals surface area contributed by atoms with Crippen LogP contribution in [-0.4, -0.2) is 25.3 Å². The normalized spacial score (nSPS) is 10.5. The molecule has 0 aliphatic rings. The summed E-state index contributed by atoms with van der Waals surface area (Å²) < 4.78 is 1.68. The average Bonchev–Trinajstić information content (AvgIpc) is 2.92. The first kappa shape index (κ1) is 13.1. The molecule has 21 heavy (non-hydrogen) atoms. The van der Waals surface area contributed by atoms with Crippen molar-refractivity contribution in [1.82, 2.24) is 20.2 Å². The second-order valence-corrected chi connectivity index (χ2v) is 4.71. The van der Waals surface area contributed by atoms with Crippen molar-refractivity contribution in [2.45, 2.75) is 13.5 Å². The molecule has 1 heterocycles. The summed E-state index contributed by atoms with van der Waals surface area (Å²) in [6.07, 6.45) is 0. The number of anilines is 1. The predicted molar refractivity (Wildman–Crippen MR) is 79.3 cm³/mol. The molecule has 0 saturated carbocycles. The largest absolute Gasteiger partial charge is 0.508 e. The van der Waals surface area contributed by atoms with Crippen LogP contribution in [0.2, 0.25) is 0 Å². The van der Waals surface area contributed by atoms with E-state index in [1.807, 2.05) is 43.3 Å². The van der Waals surface area contributed by atoms with Crippen molar-refractivity contribution in [2.75, 3.05) is 5.32 Å². The van der Waals surface area contributed by atoms with Gasteiger partial charge in [0.05, 0.1) is 5.69 Å². The van der Waals surface area contributed by atoms with E-state index in [4.69, 9.17) is 0 Å². The van der Waals surface area contributed by atoms with E-state index < -0.39 is 0 Å². The van der Waals surface area contributed by atoms with Gasteiger partial charge in [0, 0.05) is 12.2 Å². The number of phenols is 1. The van der Waals surface area contributed by atoms with Crippen LogP contribution in [0.4, 0.5) is 5.69 Å². The van der Waals surface area contributed by atoms with Gasteiger partial charge in [0.2, 0.25) is 0 Å². The van der Waals surface area contributed by atoms with Crippen LogP contribution >= 0.6 is 0 Å². The SMILES string of the molecule is Cc1nnnn1-c1cccc(NCc2cccc(O)c2)c1. The average molecular weight is 281 g/mol. The van der Waals surface area contributed by atoms with Gasteiger partial charge < -0.3 is 10.4 Å². The zero-order chi connectivity index (χ0) is 14.7. The molecule has 2 N–H and O–H groups in total. The Morgan fingerprint density at radius 1 is 1.14 bits per heavy atom. The molecule has 0 saturated heterocycles. The van der Waals surface area contributed by atoms with Crippen molar-refractivity contribution in [3.63, 3.8) is 0 Å². The number of hydrogen-bond acceptors (Lipinski definition) is 5. The third-order valence-corrected chi connectivity index (χ3v) is 3.12. The standard InChI is InChI=1S/C15H15N5O/c1-11-17-18-19-20(11)14-6-3-5-13(9-14)16-10-12-4-2-7-15(21)8-12/h2-9,16,21H,10H2,1H3. The number of nitrogens with zero attached hydrogens (tertiary/aromatic N) is 4. The molecule has 106 valence electrons. The number of aromatic nitrogens is 4. The number of rotatable bonds is 4. The quantitative estimate of drug-likeness (QED) is 0.767. The minimum absolute atomic E-state index is 0.271. The molecule has 0 amide bonds. The maximum absolute atomic E-state index is 9.46. The first-order valence-electron chi connectivity index (χ1n) is 6.59. The maximum atomic E-state index is 9.46. The summed E-state index contributed by atoms with van der Waals surface area (Å²) in [5.41, 5.74) is 2.88. The van der Waals surface area contributed by atoms with E-state index in [2.05, 4.69) is 20.8 Å². The van der Waals surface area contributed by atoms with Gasteiger partial charge in [0.1, 0.15) is 5.75 Å². The van der Waals surface area contributed by atoms with E-state index in [0.29, 0.717) is 6.54 Å². The van der Waals surface area contributed by atoms with E-state index in [9.17, 15) is 5.11 Å². The van der Waals surface area contributed by atoms with Gasteiger partial charge in [-0.1, -0.05) is 18.2 Å². The predicted octanol–water partition coefficient (Wildman–Crippen LogP) is 2.29. The number of nitrogens with one attached hydrogen (secondary N) is 1. The van der Waals surface area contributed by atoms with Gasteiger partial charge in [-0.15, -0.1) is 5.10 Å². The lowest BCUT2D eigenvalue weighted by Crippen LogP contribution is -2.02. The molecule has 1 aromatic heterocycles. The number of aryl methyl sites for hydroxylation is 1. The first-order valence-corrected chi connectivity index (χ1v) is 6.59. The molecule has 0 aliphatic carbocycles. The van der Waals surface area contributed by atoms with Crippen LogP contribution in [0.1, 0.15) is 11.4 Å². The highest BCUT2D eigenvalue weighted by Gasteiger charge is 2.04. The molecule has 6 nitrogen and oxygen atoms in total. The van der Waals surface area contributed by atoms with Gasteiger partial charge in [-0.2, -0.15) is 4.68 Å². The van der Waals surface area contributed by atoms with Gasteiger partial charge in [0.25, 0.3) is 0 Å². The van der Waals surface area contributed by atoms with Crippen molar-refractivity contribution in [3.8, 4) is 11.4 Å². The maximum Gasteiger partial charge on any atom is 0.153 e. The second kappa shape index (κ2) is 5.62. The Labute approximate surface area is 122 Å². The molecule has 0 radical (unpaired) electrons. The molecule has 0 bridgehead atoms. The number of aromatic hydroxyl groups is 1. The molecule has 0 aliphatic heterocycles. The summed E-state index contributed by atoms with van der Waals surface area (Å²) in [6, 6.07) is 15.0. The topological polar surface area (TPSA) is 75.9 Å². The van der Waals surface area contributed by atoms with Gasteiger partial charge in [-0.3, -0.25) is 0 Å². The fourth-order valence-corrected chi connectivity index (χ4v) is 2.09. The van der Waals surface area contributed by atoms with Crippen LogP contribution in [0, 0.1) is 6.92 Å². The zero-order valence-electron chi connectivity index (χ0n) is 11.6. The number of hydrogen-bond donors (Lipinski definition) is 2. The third-order valence-electron chi connectivity index (χ3n) is 3.12. The van der Waals surface area contributed by atoms with Crippen molar-refractivity contribution in [3.05, 3.63) is 59.9 Å². The highest BCUT2D eigenvalue weighted by molar-refractivity contribution is 5.51. The highest BCUT2D eigenvalue weighted by atomic mass is 16.3. The summed E-state index contributed by atoms with van der Waals surface area (Å²) in [4.78, 5) is 0.